The number of thiophene rings is 1. The molecule has 0 aliphatic heterocycles. The molecule has 1 aromatic heterocycles. The van der Waals surface area contributed by atoms with Gasteiger partial charge in [0.05, 0.1) is 0 Å². The highest BCUT2D eigenvalue weighted by atomic mass is 32.1. The van der Waals surface area contributed by atoms with Crippen molar-refractivity contribution in [3.05, 3.63) is 21.9 Å². The fraction of sp³-hybridized carbons (Fsp3) is 0.375. The predicted molar refractivity (Wildman–Crippen MR) is 53.2 cm³/mol. The maximum Gasteiger partial charge on any atom is 0.316 e. The molecular formula is C8H10O2S2. The topological polar surface area (TPSA) is 37.3 Å². The zero-order chi connectivity index (χ0) is 9.14. The van der Waals surface area contributed by atoms with Crippen LogP contribution < -0.4 is 0 Å². The van der Waals surface area contributed by atoms with Crippen molar-refractivity contribution in [3.63, 3.8) is 0 Å². The molecule has 0 amide bonds. The van der Waals surface area contributed by atoms with Gasteiger partial charge in [0.2, 0.25) is 0 Å². The number of hydrogen-bond acceptors (Lipinski definition) is 3. The lowest BCUT2D eigenvalue weighted by Gasteiger charge is -2.03. The zero-order valence-corrected chi connectivity index (χ0v) is 8.36. The summed E-state index contributed by atoms with van der Waals surface area (Å²) >= 11 is 5.55. The maximum atomic E-state index is 10.5. The fourth-order valence-electron chi connectivity index (χ4n) is 0.876. The van der Waals surface area contributed by atoms with Crippen LogP contribution in [0.4, 0.5) is 0 Å². The van der Waals surface area contributed by atoms with Crippen LogP contribution in [0, 0.1) is 6.92 Å². The van der Waals surface area contributed by atoms with E-state index in [2.05, 4.69) is 12.6 Å². The van der Waals surface area contributed by atoms with Gasteiger partial charge in [-0.05, 0) is 23.9 Å². The van der Waals surface area contributed by atoms with Crippen molar-refractivity contribution in [3.8, 4) is 0 Å². The molecule has 1 rings (SSSR count). The van der Waals surface area contributed by atoms with Gasteiger partial charge in [-0.1, -0.05) is 0 Å². The van der Waals surface area contributed by atoms with Gasteiger partial charge in [-0.2, -0.15) is 12.6 Å². The van der Waals surface area contributed by atoms with Crippen LogP contribution in [-0.4, -0.2) is 16.3 Å². The van der Waals surface area contributed by atoms with Gasteiger partial charge >= 0.3 is 5.97 Å². The molecule has 4 heteroatoms. The van der Waals surface area contributed by atoms with Crippen molar-refractivity contribution in [1.29, 1.82) is 0 Å². The van der Waals surface area contributed by atoms with E-state index in [1.807, 2.05) is 18.4 Å². The Morgan fingerprint density at radius 2 is 2.50 bits per heavy atom. The monoisotopic (exact) mass is 202 g/mol. The molecular weight excluding hydrogens is 192 g/mol. The summed E-state index contributed by atoms with van der Waals surface area (Å²) in [4.78, 5) is 11.6. The normalized spacial score (nSPS) is 12.8. The van der Waals surface area contributed by atoms with Gasteiger partial charge in [-0.25, -0.2) is 0 Å². The molecule has 66 valence electrons. The Hall–Kier alpha value is -0.480. The van der Waals surface area contributed by atoms with Crippen LogP contribution in [0.25, 0.3) is 0 Å². The first kappa shape index (κ1) is 9.61. The van der Waals surface area contributed by atoms with E-state index in [9.17, 15) is 4.79 Å². The van der Waals surface area contributed by atoms with Crippen LogP contribution in [0.3, 0.4) is 0 Å². The number of aryl methyl sites for hydroxylation is 1. The van der Waals surface area contributed by atoms with E-state index in [1.54, 1.807) is 11.3 Å². The van der Waals surface area contributed by atoms with E-state index in [0.717, 1.165) is 10.4 Å². The largest absolute Gasteiger partial charge is 0.480 e. The second kappa shape index (κ2) is 3.96. The molecule has 0 fully saturated rings. The third kappa shape index (κ3) is 2.25. The molecule has 1 unspecified atom stereocenters. The quantitative estimate of drug-likeness (QED) is 0.735. The van der Waals surface area contributed by atoms with Crippen LogP contribution in [0.5, 0.6) is 0 Å². The number of rotatable bonds is 3. The Morgan fingerprint density at radius 3 is 2.92 bits per heavy atom. The van der Waals surface area contributed by atoms with Crippen molar-refractivity contribution in [2.75, 3.05) is 0 Å². The smallest absolute Gasteiger partial charge is 0.316 e. The summed E-state index contributed by atoms with van der Waals surface area (Å²) in [5.74, 6) is -0.855. The zero-order valence-electron chi connectivity index (χ0n) is 6.65. The van der Waals surface area contributed by atoms with Gasteiger partial charge in [-0.15, -0.1) is 11.3 Å². The van der Waals surface area contributed by atoms with Crippen molar-refractivity contribution in [2.45, 2.75) is 18.6 Å². The molecule has 0 spiro atoms. The van der Waals surface area contributed by atoms with E-state index < -0.39 is 11.2 Å². The Morgan fingerprint density at radius 1 is 1.83 bits per heavy atom. The third-order valence-electron chi connectivity index (χ3n) is 1.63. The number of hydrogen-bond donors (Lipinski definition) is 2. The first-order chi connectivity index (χ1) is 5.61. The summed E-state index contributed by atoms with van der Waals surface area (Å²) in [5, 5.41) is 9.98. The second-order valence-corrected chi connectivity index (χ2v) is 4.21. The second-order valence-electron chi connectivity index (χ2n) is 2.58. The molecule has 0 aliphatic carbocycles. The third-order valence-corrected chi connectivity index (χ3v) is 3.08. The number of carboxylic acid groups (broad SMARTS) is 1. The number of carboxylic acids is 1. The number of aliphatic carboxylic acids is 1. The standard InChI is InChI=1S/C8H10O2S2/c1-5-2-3-12-7(5)4-6(11)8(9)10/h2-3,6,11H,4H2,1H3,(H,9,10). The number of thiol groups is 1. The Bertz CT molecular complexity index is 280. The van der Waals surface area contributed by atoms with E-state index >= 15 is 0 Å². The molecule has 0 saturated carbocycles. The van der Waals surface area contributed by atoms with Gasteiger partial charge in [0.15, 0.2) is 0 Å². The van der Waals surface area contributed by atoms with E-state index in [1.165, 1.54) is 0 Å². The molecule has 0 aliphatic rings. The van der Waals surface area contributed by atoms with Gasteiger partial charge < -0.3 is 5.11 Å². The maximum absolute atomic E-state index is 10.5. The SMILES string of the molecule is Cc1ccsc1CC(S)C(=O)O. The van der Waals surface area contributed by atoms with Gasteiger partial charge in [0, 0.05) is 11.3 Å². The Balaban J connectivity index is 2.64. The van der Waals surface area contributed by atoms with Gasteiger partial charge in [-0.3, -0.25) is 4.79 Å². The molecule has 0 aromatic carbocycles. The highest BCUT2D eigenvalue weighted by Gasteiger charge is 2.14. The average molecular weight is 202 g/mol. The van der Waals surface area contributed by atoms with Crippen molar-refractivity contribution < 1.29 is 9.90 Å². The summed E-state index contributed by atoms with van der Waals surface area (Å²) in [6.45, 7) is 1.98. The molecule has 0 bridgehead atoms. The lowest BCUT2D eigenvalue weighted by atomic mass is 10.2. The molecule has 0 saturated heterocycles. The highest BCUT2D eigenvalue weighted by molar-refractivity contribution is 7.81. The molecule has 1 aromatic rings. The summed E-state index contributed by atoms with van der Waals surface area (Å²) in [7, 11) is 0. The lowest BCUT2D eigenvalue weighted by molar-refractivity contribution is -0.136. The number of carbonyl (C=O) groups is 1. The van der Waals surface area contributed by atoms with E-state index in [-0.39, 0.29) is 0 Å². The Labute approximate surface area is 80.6 Å². The average Bonchev–Trinajstić information content (AvgIpc) is 2.36. The summed E-state index contributed by atoms with van der Waals surface area (Å²) in [5.41, 5.74) is 1.15. The van der Waals surface area contributed by atoms with E-state index in [4.69, 9.17) is 5.11 Å². The molecule has 0 radical (unpaired) electrons. The molecule has 1 N–H and O–H groups in total. The van der Waals surface area contributed by atoms with Crippen LogP contribution in [0.2, 0.25) is 0 Å². The van der Waals surface area contributed by atoms with Crippen LogP contribution >= 0.6 is 24.0 Å². The Kier molecular flexibility index (Phi) is 3.17. The fourth-order valence-corrected chi connectivity index (χ4v) is 2.14. The lowest BCUT2D eigenvalue weighted by Crippen LogP contribution is -2.15. The minimum Gasteiger partial charge on any atom is -0.480 e. The first-order valence-electron chi connectivity index (χ1n) is 3.55. The summed E-state index contributed by atoms with van der Waals surface area (Å²) in [6.07, 6.45) is 0.516. The van der Waals surface area contributed by atoms with Crippen LogP contribution in [0.1, 0.15) is 10.4 Å². The van der Waals surface area contributed by atoms with Gasteiger partial charge in [0.1, 0.15) is 5.25 Å². The predicted octanol–water partition coefficient (Wildman–Crippen LogP) is 1.98. The summed E-state index contributed by atoms with van der Waals surface area (Å²) in [6, 6.07) is 1.99. The highest BCUT2D eigenvalue weighted by Crippen LogP contribution is 2.19. The van der Waals surface area contributed by atoms with Crippen molar-refractivity contribution >= 4 is 29.9 Å². The molecule has 1 atom stereocenters. The minimum absolute atomic E-state index is 0.516. The molecule has 2 nitrogen and oxygen atoms in total. The molecule has 1 heterocycles. The van der Waals surface area contributed by atoms with Crippen molar-refractivity contribution in [1.82, 2.24) is 0 Å². The van der Waals surface area contributed by atoms with Crippen LogP contribution in [0.15, 0.2) is 11.4 Å². The minimum atomic E-state index is -0.855. The van der Waals surface area contributed by atoms with E-state index in [0.29, 0.717) is 6.42 Å². The molecule has 12 heavy (non-hydrogen) atoms. The van der Waals surface area contributed by atoms with Crippen LogP contribution in [-0.2, 0) is 11.2 Å². The first-order valence-corrected chi connectivity index (χ1v) is 4.94. The van der Waals surface area contributed by atoms with Crippen molar-refractivity contribution in [2.24, 2.45) is 0 Å². The summed E-state index contributed by atoms with van der Waals surface area (Å²) < 4.78 is 0. The van der Waals surface area contributed by atoms with Gasteiger partial charge in [0.25, 0.3) is 0 Å².